The van der Waals surface area contributed by atoms with Crippen molar-refractivity contribution in [2.75, 3.05) is 31.3 Å². The first-order valence-electron chi connectivity index (χ1n) is 9.38. The van der Waals surface area contributed by atoms with E-state index in [1.54, 1.807) is 11.8 Å². The minimum Gasteiger partial charge on any atom is -0.411 e. The molecule has 1 aromatic heterocycles. The molecular weight excluding hydrogens is 372 g/mol. The number of hydrogen-bond donors (Lipinski definition) is 1. The molecule has 0 radical (unpaired) electrons. The van der Waals surface area contributed by atoms with Gasteiger partial charge < -0.3 is 19.4 Å². The van der Waals surface area contributed by atoms with Crippen molar-refractivity contribution in [3.05, 3.63) is 59.7 Å². The number of quaternary nitrogens is 1. The van der Waals surface area contributed by atoms with E-state index in [9.17, 15) is 0 Å². The third-order valence-electron chi connectivity index (χ3n) is 4.79. The molecule has 0 spiro atoms. The van der Waals surface area contributed by atoms with Gasteiger partial charge in [-0.3, -0.25) is 0 Å². The second kappa shape index (κ2) is 8.34. The smallest absolute Gasteiger partial charge is 0.276 e. The van der Waals surface area contributed by atoms with E-state index in [1.807, 2.05) is 38.4 Å². The van der Waals surface area contributed by atoms with Gasteiger partial charge in [0.05, 0.1) is 0 Å². The number of aromatic nitrogens is 2. The summed E-state index contributed by atoms with van der Waals surface area (Å²) in [5, 5.41) is 11.1. The largest absolute Gasteiger partial charge is 0.411 e. The molecule has 1 aliphatic heterocycles. The summed E-state index contributed by atoms with van der Waals surface area (Å²) in [7, 11) is 4.09. The standard InChI is InChI=1S/C21H24N4O2S/c1-14-4-6-16(7-5-14)20-23-24-21(27-20)28-13-18-12-22-19(26-18)15-8-10-17(11-9-15)25(2)3/h4-11,18-19,22H,12-13H2,1-3H3/p+1/t18-,19-/m0/s1. The fraction of sp³-hybridized carbons (Fsp3) is 0.333. The number of anilines is 1. The highest BCUT2D eigenvalue weighted by molar-refractivity contribution is 7.99. The molecule has 4 rings (SSSR count). The van der Waals surface area contributed by atoms with Gasteiger partial charge in [0.1, 0.15) is 12.6 Å². The van der Waals surface area contributed by atoms with Crippen LogP contribution in [0.5, 0.6) is 0 Å². The molecule has 1 saturated heterocycles. The molecule has 0 amide bonds. The number of rotatable bonds is 6. The molecule has 7 heteroatoms. The zero-order valence-corrected chi connectivity index (χ0v) is 17.1. The third-order valence-corrected chi connectivity index (χ3v) is 5.74. The molecule has 28 heavy (non-hydrogen) atoms. The molecule has 2 N–H and O–H groups in total. The summed E-state index contributed by atoms with van der Waals surface area (Å²) in [6.07, 6.45) is 0.200. The van der Waals surface area contributed by atoms with Crippen LogP contribution in [-0.2, 0) is 4.74 Å². The highest BCUT2D eigenvalue weighted by atomic mass is 32.2. The topological polar surface area (TPSA) is 68.0 Å². The number of thioether (sulfide) groups is 1. The van der Waals surface area contributed by atoms with Crippen LogP contribution in [0.4, 0.5) is 5.69 Å². The summed E-state index contributed by atoms with van der Waals surface area (Å²) in [6, 6.07) is 16.6. The number of benzene rings is 2. The lowest BCUT2D eigenvalue weighted by atomic mass is 10.1. The van der Waals surface area contributed by atoms with Crippen LogP contribution in [0.3, 0.4) is 0 Å². The van der Waals surface area contributed by atoms with Gasteiger partial charge >= 0.3 is 0 Å². The maximum absolute atomic E-state index is 6.19. The van der Waals surface area contributed by atoms with E-state index in [0.29, 0.717) is 11.1 Å². The third kappa shape index (κ3) is 4.38. The van der Waals surface area contributed by atoms with Crippen LogP contribution in [-0.4, -0.2) is 42.7 Å². The van der Waals surface area contributed by atoms with Gasteiger partial charge in [-0.1, -0.05) is 29.5 Å². The van der Waals surface area contributed by atoms with E-state index in [4.69, 9.17) is 9.15 Å². The Labute approximate surface area is 169 Å². The molecule has 3 aromatic rings. The Morgan fingerprint density at radius 3 is 2.54 bits per heavy atom. The second-order valence-electron chi connectivity index (χ2n) is 7.19. The van der Waals surface area contributed by atoms with Crippen LogP contribution in [0.25, 0.3) is 11.5 Å². The summed E-state index contributed by atoms with van der Waals surface area (Å²) >= 11 is 1.55. The molecule has 0 saturated carbocycles. The first-order valence-corrected chi connectivity index (χ1v) is 10.4. The molecule has 0 unspecified atom stereocenters. The first-order chi connectivity index (χ1) is 13.6. The lowest BCUT2D eigenvalue weighted by Gasteiger charge is -2.14. The number of ether oxygens (including phenoxy) is 1. The predicted molar refractivity (Wildman–Crippen MR) is 110 cm³/mol. The highest BCUT2D eigenvalue weighted by Crippen LogP contribution is 2.26. The summed E-state index contributed by atoms with van der Waals surface area (Å²) < 4.78 is 12.0. The van der Waals surface area contributed by atoms with Gasteiger partial charge in [0.15, 0.2) is 0 Å². The minimum atomic E-state index is 0.0487. The number of nitrogens with two attached hydrogens (primary N) is 1. The van der Waals surface area contributed by atoms with Crippen LogP contribution in [0, 0.1) is 6.92 Å². The fourth-order valence-electron chi connectivity index (χ4n) is 3.12. The minimum absolute atomic E-state index is 0.0487. The number of nitrogens with zero attached hydrogens (tertiary/aromatic N) is 3. The normalized spacial score (nSPS) is 19.1. The van der Waals surface area contributed by atoms with Gasteiger partial charge in [-0.15, -0.1) is 10.2 Å². The van der Waals surface area contributed by atoms with Crippen molar-refractivity contribution in [3.8, 4) is 11.5 Å². The molecule has 2 atom stereocenters. The zero-order chi connectivity index (χ0) is 19.5. The first kappa shape index (κ1) is 19.0. The summed E-state index contributed by atoms with van der Waals surface area (Å²) in [5.41, 5.74) is 4.53. The Kier molecular flexibility index (Phi) is 5.66. The van der Waals surface area contributed by atoms with Crippen LogP contribution < -0.4 is 10.2 Å². The maximum atomic E-state index is 6.19. The fourth-order valence-corrected chi connectivity index (χ4v) is 3.90. The van der Waals surface area contributed by atoms with Crippen molar-refractivity contribution >= 4 is 17.4 Å². The van der Waals surface area contributed by atoms with Crippen molar-refractivity contribution in [1.82, 2.24) is 10.2 Å². The molecule has 2 aromatic carbocycles. The predicted octanol–water partition coefficient (Wildman–Crippen LogP) is 2.86. The van der Waals surface area contributed by atoms with E-state index in [1.165, 1.54) is 16.8 Å². The molecule has 2 heterocycles. The number of aryl methyl sites for hydroxylation is 1. The zero-order valence-electron chi connectivity index (χ0n) is 16.3. The van der Waals surface area contributed by atoms with E-state index in [-0.39, 0.29) is 12.3 Å². The summed E-state index contributed by atoms with van der Waals surface area (Å²) in [6.45, 7) is 2.98. The molecule has 0 aliphatic carbocycles. The van der Waals surface area contributed by atoms with Gasteiger partial charge in [-0.25, -0.2) is 0 Å². The van der Waals surface area contributed by atoms with Crippen molar-refractivity contribution in [1.29, 1.82) is 0 Å². The van der Waals surface area contributed by atoms with Crippen molar-refractivity contribution < 1.29 is 14.5 Å². The van der Waals surface area contributed by atoms with Crippen LogP contribution in [0.15, 0.2) is 58.2 Å². The van der Waals surface area contributed by atoms with E-state index >= 15 is 0 Å². The molecular formula is C21H25N4O2S+. The molecule has 1 aliphatic rings. The van der Waals surface area contributed by atoms with Gasteiger partial charge in [0, 0.05) is 36.7 Å². The van der Waals surface area contributed by atoms with Crippen LogP contribution >= 0.6 is 11.8 Å². The lowest BCUT2D eigenvalue weighted by Crippen LogP contribution is -2.82. The Bertz CT molecular complexity index is 909. The average Bonchev–Trinajstić information content (AvgIpc) is 3.37. The van der Waals surface area contributed by atoms with Crippen molar-refractivity contribution in [2.24, 2.45) is 0 Å². The Hall–Kier alpha value is -2.35. The summed E-state index contributed by atoms with van der Waals surface area (Å²) in [4.78, 5) is 2.09. The van der Waals surface area contributed by atoms with Gasteiger partial charge in [0.25, 0.3) is 5.22 Å². The molecule has 1 fully saturated rings. The van der Waals surface area contributed by atoms with E-state index < -0.39 is 0 Å². The molecule has 146 valence electrons. The molecule has 6 nitrogen and oxygen atoms in total. The van der Waals surface area contributed by atoms with Gasteiger partial charge in [-0.05, 0) is 43.3 Å². The van der Waals surface area contributed by atoms with Gasteiger partial charge in [0.2, 0.25) is 12.1 Å². The lowest BCUT2D eigenvalue weighted by molar-refractivity contribution is -0.697. The van der Waals surface area contributed by atoms with Crippen LogP contribution in [0.1, 0.15) is 17.4 Å². The Morgan fingerprint density at radius 1 is 1.07 bits per heavy atom. The maximum Gasteiger partial charge on any atom is 0.276 e. The Balaban J connectivity index is 1.31. The number of hydrogen-bond acceptors (Lipinski definition) is 6. The monoisotopic (exact) mass is 397 g/mol. The molecule has 0 bridgehead atoms. The van der Waals surface area contributed by atoms with E-state index in [2.05, 4.69) is 51.6 Å². The average molecular weight is 398 g/mol. The summed E-state index contributed by atoms with van der Waals surface area (Å²) in [5.74, 6) is 1.35. The van der Waals surface area contributed by atoms with Gasteiger partial charge in [-0.2, -0.15) is 0 Å². The van der Waals surface area contributed by atoms with E-state index in [0.717, 1.165) is 17.9 Å². The SMILES string of the molecule is Cc1ccc(-c2nnc(SC[C@@H]3C[NH2+][C@H](c4ccc(N(C)C)cc4)O3)o2)cc1. The van der Waals surface area contributed by atoms with Crippen molar-refractivity contribution in [2.45, 2.75) is 24.5 Å². The highest BCUT2D eigenvalue weighted by Gasteiger charge is 2.30. The van der Waals surface area contributed by atoms with Crippen LogP contribution in [0.2, 0.25) is 0 Å². The van der Waals surface area contributed by atoms with Crippen molar-refractivity contribution in [3.63, 3.8) is 0 Å². The second-order valence-corrected chi connectivity index (χ2v) is 8.16. The Morgan fingerprint density at radius 2 is 1.82 bits per heavy atom. The quantitative estimate of drug-likeness (QED) is 0.645.